The van der Waals surface area contributed by atoms with Gasteiger partial charge in [-0.3, -0.25) is 0 Å². The third kappa shape index (κ3) is 15.3. The zero-order valence-corrected chi connectivity index (χ0v) is 11.3. The van der Waals surface area contributed by atoms with Crippen LogP contribution < -0.4 is 0 Å². The van der Waals surface area contributed by atoms with E-state index in [1.54, 1.807) is 0 Å². The third-order valence-electron chi connectivity index (χ3n) is 0.787. The smallest absolute Gasteiger partial charge is 0.458 e. The molecule has 0 aromatic carbocycles. The Morgan fingerprint density at radius 2 is 1.08 bits per heavy atom. The second-order valence-electron chi connectivity index (χ2n) is 1.65. The highest BCUT2D eigenvalue weighted by Gasteiger charge is 2.15. The molecule has 4 nitrogen and oxygen atoms in total. The van der Waals surface area contributed by atoms with Gasteiger partial charge >= 0.3 is 9.53 Å². The second kappa shape index (κ2) is 15.0. The van der Waals surface area contributed by atoms with Crippen LogP contribution in [0.1, 0.15) is 20.8 Å². The summed E-state index contributed by atoms with van der Waals surface area (Å²) in [4.78, 5) is 0. The molecule has 75 valence electrons. The first-order valence-corrected chi connectivity index (χ1v) is 6.05. The van der Waals surface area contributed by atoms with Crippen LogP contribution in [0.3, 0.4) is 0 Å². The molecule has 13 heavy (non-hydrogen) atoms. The Bertz CT molecular complexity index is 72.0. The molecule has 0 amide bonds. The van der Waals surface area contributed by atoms with E-state index in [4.69, 9.17) is 13.3 Å². The van der Waals surface area contributed by atoms with Gasteiger partial charge in [0.05, 0.1) is 0 Å². The van der Waals surface area contributed by atoms with E-state index in [2.05, 4.69) is 25.1 Å². The normalized spacial score (nSPS) is 9.69. The van der Waals surface area contributed by atoms with Crippen molar-refractivity contribution in [2.75, 3.05) is 19.8 Å². The molecule has 0 N–H and O–H groups in total. The van der Waals surface area contributed by atoms with Crippen LogP contribution in [0, 0.1) is 0 Å². The summed E-state index contributed by atoms with van der Waals surface area (Å²) in [5.41, 5.74) is 0. The molecule has 7 radical (unpaired) electrons. The van der Waals surface area contributed by atoms with Gasteiger partial charge in [-0.05, 0) is 20.8 Å². The molecule has 0 fully saturated rings. The molecule has 0 aliphatic heterocycles. The maximum absolute atomic E-state index is 5.18. The van der Waals surface area contributed by atoms with E-state index >= 15 is 0 Å². The minimum Gasteiger partial charge on any atom is -0.458 e. The molecular weight excluding hydrogens is 220 g/mol. The fraction of sp³-hybridized carbons (Fsp3) is 1.00. The average molecular weight is 235 g/mol. The van der Waals surface area contributed by atoms with Gasteiger partial charge in [0.25, 0.3) is 0 Å². The lowest BCUT2D eigenvalue weighted by atomic mass is 10.9. The quantitative estimate of drug-likeness (QED) is 0.619. The molecule has 0 saturated carbocycles. The van der Waals surface area contributed by atoms with Crippen molar-refractivity contribution < 1.29 is 17.4 Å². The van der Waals surface area contributed by atoms with Crippen molar-refractivity contribution >= 4 is 30.5 Å². The maximum Gasteiger partial charge on any atom is 0.577 e. The van der Waals surface area contributed by atoms with Gasteiger partial charge < -0.3 is 17.4 Å². The van der Waals surface area contributed by atoms with Crippen molar-refractivity contribution in [3.63, 3.8) is 0 Å². The predicted octanol–water partition coefficient (Wildman–Crippen LogP) is 0.251. The Hall–Kier alpha value is 0.491. The van der Waals surface area contributed by atoms with Crippen molar-refractivity contribution in [1.29, 1.82) is 0 Å². The van der Waals surface area contributed by atoms with Crippen LogP contribution in [0.2, 0.25) is 0 Å². The van der Waals surface area contributed by atoms with Crippen molar-refractivity contribution in [1.82, 2.24) is 0 Å². The van der Waals surface area contributed by atoms with Gasteiger partial charge in [-0.25, -0.2) is 0 Å². The molecule has 0 unspecified atom stereocenters. The SMILES string of the molecule is CCO[Si](OCC)OCC.[Si]O[Si]. The fourth-order valence-corrected chi connectivity index (χ4v) is 1.44. The number of hydrogen-bond donors (Lipinski definition) is 0. The van der Waals surface area contributed by atoms with Crippen molar-refractivity contribution in [3.8, 4) is 0 Å². The van der Waals surface area contributed by atoms with Crippen LogP contribution in [-0.4, -0.2) is 50.3 Å². The fourth-order valence-electron chi connectivity index (χ4n) is 0.479. The lowest BCUT2D eigenvalue weighted by Crippen LogP contribution is -2.27. The molecular formula is C6H15O4Si3. The average Bonchev–Trinajstić information content (AvgIpc) is 2.07. The monoisotopic (exact) mass is 235 g/mol. The first-order chi connectivity index (χ1) is 6.26. The van der Waals surface area contributed by atoms with Gasteiger partial charge in [0, 0.05) is 19.8 Å². The summed E-state index contributed by atoms with van der Waals surface area (Å²) in [5, 5.41) is 0. The van der Waals surface area contributed by atoms with Gasteiger partial charge in [0.2, 0.25) is 21.0 Å². The summed E-state index contributed by atoms with van der Waals surface area (Å²) < 4.78 is 19.4. The van der Waals surface area contributed by atoms with Crippen LogP contribution >= 0.6 is 0 Å². The summed E-state index contributed by atoms with van der Waals surface area (Å²) in [6.07, 6.45) is 0. The van der Waals surface area contributed by atoms with Gasteiger partial charge in [0.1, 0.15) is 0 Å². The number of rotatable bonds is 6. The third-order valence-corrected chi connectivity index (χ3v) is 2.36. The Labute approximate surface area is 89.0 Å². The van der Waals surface area contributed by atoms with Gasteiger partial charge in [-0.2, -0.15) is 0 Å². The van der Waals surface area contributed by atoms with Crippen molar-refractivity contribution in [2.45, 2.75) is 20.8 Å². The summed E-state index contributed by atoms with van der Waals surface area (Å²) >= 11 is 0. The Morgan fingerprint density at radius 1 is 0.846 bits per heavy atom. The Morgan fingerprint density at radius 3 is 1.23 bits per heavy atom. The van der Waals surface area contributed by atoms with Crippen LogP contribution in [-0.2, 0) is 17.4 Å². The lowest BCUT2D eigenvalue weighted by molar-refractivity contribution is 0.107. The van der Waals surface area contributed by atoms with Crippen molar-refractivity contribution in [3.05, 3.63) is 0 Å². The van der Waals surface area contributed by atoms with E-state index in [0.29, 0.717) is 19.8 Å². The molecule has 0 aromatic rings. The van der Waals surface area contributed by atoms with Crippen molar-refractivity contribution in [2.24, 2.45) is 0 Å². The zero-order chi connectivity index (χ0) is 10.5. The van der Waals surface area contributed by atoms with Gasteiger partial charge in [-0.15, -0.1) is 0 Å². The molecule has 0 saturated heterocycles. The molecule has 0 atom stereocenters. The van der Waals surface area contributed by atoms with Crippen LogP contribution in [0.4, 0.5) is 0 Å². The predicted molar refractivity (Wildman–Crippen MR) is 53.2 cm³/mol. The maximum atomic E-state index is 5.18. The Kier molecular flexibility index (Phi) is 18.4. The van der Waals surface area contributed by atoms with E-state index in [-0.39, 0.29) is 0 Å². The molecule has 7 heteroatoms. The van der Waals surface area contributed by atoms with Crippen LogP contribution in [0.5, 0.6) is 0 Å². The highest BCUT2D eigenvalue weighted by molar-refractivity contribution is 6.36. The molecule has 0 heterocycles. The highest BCUT2D eigenvalue weighted by atomic mass is 28.3. The summed E-state index contributed by atoms with van der Waals surface area (Å²) in [7, 11) is 3.80. The second-order valence-corrected chi connectivity index (χ2v) is 3.83. The van der Waals surface area contributed by atoms with Crippen LogP contribution in [0.25, 0.3) is 0 Å². The minimum atomic E-state index is -1.40. The molecule has 0 aliphatic rings. The first kappa shape index (κ1) is 15.9. The van der Waals surface area contributed by atoms with E-state index < -0.39 is 9.53 Å². The van der Waals surface area contributed by atoms with E-state index in [9.17, 15) is 0 Å². The molecule has 0 aromatic heterocycles. The highest BCUT2D eigenvalue weighted by Crippen LogP contribution is 1.90. The minimum absolute atomic E-state index is 0.661. The van der Waals surface area contributed by atoms with E-state index in [0.717, 1.165) is 0 Å². The van der Waals surface area contributed by atoms with Gasteiger partial charge in [0.15, 0.2) is 0 Å². The molecule has 0 aliphatic carbocycles. The lowest BCUT2D eigenvalue weighted by Gasteiger charge is -2.10. The largest absolute Gasteiger partial charge is 0.577 e. The topological polar surface area (TPSA) is 36.9 Å². The first-order valence-electron chi connectivity index (χ1n) is 4.01. The molecule has 0 rings (SSSR count). The zero-order valence-electron chi connectivity index (χ0n) is 8.25. The Balaban J connectivity index is 0. The summed E-state index contributed by atoms with van der Waals surface area (Å²) in [5.74, 6) is 0. The van der Waals surface area contributed by atoms with Gasteiger partial charge in [-0.1, -0.05) is 0 Å². The summed E-state index contributed by atoms with van der Waals surface area (Å²) in [6.45, 7) is 7.78. The number of hydrogen-bond acceptors (Lipinski definition) is 4. The summed E-state index contributed by atoms with van der Waals surface area (Å²) in [6, 6.07) is 0. The molecule has 0 bridgehead atoms. The van der Waals surface area contributed by atoms with Crippen LogP contribution in [0.15, 0.2) is 0 Å². The van der Waals surface area contributed by atoms with E-state index in [1.165, 1.54) is 0 Å². The standard InChI is InChI=1S/C6H15O3Si.OSi2/c1-4-7-10(8-5-2)9-6-3;2-1-3/h4-6H2,1-3H3;. The molecule has 0 spiro atoms. The van der Waals surface area contributed by atoms with E-state index in [1.807, 2.05) is 20.8 Å².